The van der Waals surface area contributed by atoms with Crippen LogP contribution in [0.15, 0.2) is 36.7 Å². The lowest BCUT2D eigenvalue weighted by Crippen LogP contribution is -2.24. The monoisotopic (exact) mass is 258 g/mol. The van der Waals surface area contributed by atoms with Crippen LogP contribution in [0.5, 0.6) is 0 Å². The van der Waals surface area contributed by atoms with Gasteiger partial charge in [-0.05, 0) is 12.0 Å². The molecule has 2 aromatic rings. The minimum Gasteiger partial charge on any atom is -0.309 e. The Balaban J connectivity index is 1.87. The molecule has 19 heavy (non-hydrogen) atoms. The van der Waals surface area contributed by atoms with E-state index in [2.05, 4.69) is 52.7 Å². The van der Waals surface area contributed by atoms with Crippen LogP contribution in [0, 0.1) is 0 Å². The highest BCUT2D eigenvalue weighted by molar-refractivity contribution is 5.18. The number of benzene rings is 1. The Morgan fingerprint density at radius 3 is 2.68 bits per heavy atom. The highest BCUT2D eigenvalue weighted by Gasteiger charge is 2.09. The van der Waals surface area contributed by atoms with Gasteiger partial charge in [0.25, 0.3) is 0 Å². The van der Waals surface area contributed by atoms with Crippen molar-refractivity contribution in [1.29, 1.82) is 0 Å². The zero-order chi connectivity index (χ0) is 13.5. The van der Waals surface area contributed by atoms with Gasteiger partial charge in [0.15, 0.2) is 5.82 Å². The van der Waals surface area contributed by atoms with Gasteiger partial charge < -0.3 is 5.32 Å². The Morgan fingerprint density at radius 1 is 1.26 bits per heavy atom. The number of rotatable bonds is 7. The van der Waals surface area contributed by atoms with Gasteiger partial charge in [0, 0.05) is 26.1 Å². The van der Waals surface area contributed by atoms with Crippen molar-refractivity contribution in [2.45, 2.75) is 32.2 Å². The maximum absolute atomic E-state index is 4.29. The summed E-state index contributed by atoms with van der Waals surface area (Å²) < 4.78 is 1.75. The standard InChI is InChI=1S/C15H22N4/c1-3-7-14(13-8-5-4-6-9-13)16-11-10-15-17-12-19(2)18-15/h4-6,8-9,12,14,16H,3,7,10-11H2,1-2H3. The van der Waals surface area contributed by atoms with Crippen molar-refractivity contribution >= 4 is 0 Å². The SMILES string of the molecule is CCCC(NCCc1ncn(C)n1)c1ccccc1. The van der Waals surface area contributed by atoms with Crippen LogP contribution in [0.4, 0.5) is 0 Å². The molecule has 0 saturated heterocycles. The first-order valence-corrected chi connectivity index (χ1v) is 6.92. The minimum absolute atomic E-state index is 0.426. The molecule has 102 valence electrons. The molecule has 0 aliphatic heterocycles. The van der Waals surface area contributed by atoms with Crippen molar-refractivity contribution in [2.24, 2.45) is 7.05 Å². The number of nitrogens with one attached hydrogen (secondary N) is 1. The summed E-state index contributed by atoms with van der Waals surface area (Å²) in [7, 11) is 1.90. The van der Waals surface area contributed by atoms with E-state index in [4.69, 9.17) is 0 Å². The largest absolute Gasteiger partial charge is 0.309 e. The molecule has 0 fully saturated rings. The first kappa shape index (κ1) is 13.7. The second-order valence-electron chi connectivity index (χ2n) is 4.79. The molecule has 0 saturated carbocycles. The third-order valence-corrected chi connectivity index (χ3v) is 3.17. The molecule has 0 amide bonds. The Hall–Kier alpha value is -1.68. The summed E-state index contributed by atoms with van der Waals surface area (Å²) in [5.41, 5.74) is 1.36. The molecule has 0 radical (unpaired) electrons. The van der Waals surface area contributed by atoms with Gasteiger partial charge in [0.05, 0.1) is 0 Å². The van der Waals surface area contributed by atoms with Crippen molar-refractivity contribution in [2.75, 3.05) is 6.54 Å². The summed E-state index contributed by atoms with van der Waals surface area (Å²) in [6.45, 7) is 3.13. The van der Waals surface area contributed by atoms with Crippen LogP contribution < -0.4 is 5.32 Å². The van der Waals surface area contributed by atoms with Crippen LogP contribution in [0.3, 0.4) is 0 Å². The molecule has 0 aliphatic carbocycles. The fraction of sp³-hybridized carbons (Fsp3) is 0.467. The van der Waals surface area contributed by atoms with E-state index in [1.807, 2.05) is 7.05 Å². The quantitative estimate of drug-likeness (QED) is 0.829. The fourth-order valence-corrected chi connectivity index (χ4v) is 2.22. The van der Waals surface area contributed by atoms with E-state index >= 15 is 0 Å². The van der Waals surface area contributed by atoms with Gasteiger partial charge in [0.2, 0.25) is 0 Å². The molecule has 2 rings (SSSR count). The Bertz CT molecular complexity index is 478. The molecule has 0 aliphatic rings. The maximum atomic E-state index is 4.29. The van der Waals surface area contributed by atoms with Gasteiger partial charge in [-0.15, -0.1) is 0 Å². The number of nitrogens with zero attached hydrogens (tertiary/aromatic N) is 3. The van der Waals surface area contributed by atoms with Gasteiger partial charge in [-0.1, -0.05) is 43.7 Å². The van der Waals surface area contributed by atoms with E-state index in [9.17, 15) is 0 Å². The molecule has 4 nitrogen and oxygen atoms in total. The fourth-order valence-electron chi connectivity index (χ4n) is 2.22. The lowest BCUT2D eigenvalue weighted by molar-refractivity contribution is 0.494. The average Bonchev–Trinajstić information content (AvgIpc) is 2.84. The normalized spacial score (nSPS) is 12.5. The zero-order valence-electron chi connectivity index (χ0n) is 11.7. The van der Waals surface area contributed by atoms with Crippen molar-refractivity contribution in [3.63, 3.8) is 0 Å². The van der Waals surface area contributed by atoms with Crippen molar-refractivity contribution in [3.05, 3.63) is 48.0 Å². The molecule has 1 heterocycles. The molecule has 1 N–H and O–H groups in total. The summed E-state index contributed by atoms with van der Waals surface area (Å²) in [6, 6.07) is 11.1. The number of aryl methyl sites for hydroxylation is 1. The average molecular weight is 258 g/mol. The Labute approximate surface area is 114 Å². The summed E-state index contributed by atoms with van der Waals surface area (Å²) in [5, 5.41) is 7.90. The summed E-state index contributed by atoms with van der Waals surface area (Å²) in [6.07, 6.45) is 4.94. The third kappa shape index (κ3) is 4.17. The van der Waals surface area contributed by atoms with Crippen LogP contribution >= 0.6 is 0 Å². The highest BCUT2D eigenvalue weighted by Crippen LogP contribution is 2.17. The van der Waals surface area contributed by atoms with Gasteiger partial charge in [-0.3, -0.25) is 4.68 Å². The first-order chi connectivity index (χ1) is 9.29. The Kier molecular flexibility index (Phi) is 5.10. The smallest absolute Gasteiger partial charge is 0.151 e. The predicted octanol–water partition coefficient (Wildman–Crippen LogP) is 2.49. The predicted molar refractivity (Wildman–Crippen MR) is 76.8 cm³/mol. The van der Waals surface area contributed by atoms with E-state index in [-0.39, 0.29) is 0 Å². The van der Waals surface area contributed by atoms with Crippen molar-refractivity contribution in [1.82, 2.24) is 20.1 Å². The number of aromatic nitrogens is 3. The van der Waals surface area contributed by atoms with Gasteiger partial charge >= 0.3 is 0 Å². The topological polar surface area (TPSA) is 42.7 Å². The van der Waals surface area contributed by atoms with Crippen LogP contribution in [0.1, 0.15) is 37.2 Å². The molecule has 1 aromatic heterocycles. The lowest BCUT2D eigenvalue weighted by Gasteiger charge is -2.18. The summed E-state index contributed by atoms with van der Waals surface area (Å²) >= 11 is 0. The van der Waals surface area contributed by atoms with Crippen LogP contribution in [-0.2, 0) is 13.5 Å². The first-order valence-electron chi connectivity index (χ1n) is 6.92. The van der Waals surface area contributed by atoms with Crippen LogP contribution in [0.25, 0.3) is 0 Å². The van der Waals surface area contributed by atoms with Gasteiger partial charge in [-0.2, -0.15) is 5.10 Å². The van der Waals surface area contributed by atoms with E-state index < -0.39 is 0 Å². The molecule has 0 spiro atoms. The molecule has 1 unspecified atom stereocenters. The Morgan fingerprint density at radius 2 is 2.05 bits per heavy atom. The van der Waals surface area contributed by atoms with E-state index in [0.29, 0.717) is 6.04 Å². The maximum Gasteiger partial charge on any atom is 0.151 e. The van der Waals surface area contributed by atoms with Gasteiger partial charge in [0.1, 0.15) is 6.33 Å². The van der Waals surface area contributed by atoms with Crippen LogP contribution in [0.2, 0.25) is 0 Å². The van der Waals surface area contributed by atoms with E-state index in [0.717, 1.165) is 25.2 Å². The molecular formula is C15H22N4. The van der Waals surface area contributed by atoms with E-state index in [1.165, 1.54) is 12.0 Å². The molecular weight excluding hydrogens is 236 g/mol. The second kappa shape index (κ2) is 7.04. The van der Waals surface area contributed by atoms with Gasteiger partial charge in [-0.25, -0.2) is 4.98 Å². The number of hydrogen-bond donors (Lipinski definition) is 1. The van der Waals surface area contributed by atoms with Crippen molar-refractivity contribution in [3.8, 4) is 0 Å². The summed E-state index contributed by atoms with van der Waals surface area (Å²) in [4.78, 5) is 4.24. The summed E-state index contributed by atoms with van der Waals surface area (Å²) in [5.74, 6) is 0.901. The molecule has 1 aromatic carbocycles. The number of hydrogen-bond acceptors (Lipinski definition) is 3. The zero-order valence-corrected chi connectivity index (χ0v) is 11.7. The minimum atomic E-state index is 0.426. The molecule has 0 bridgehead atoms. The second-order valence-corrected chi connectivity index (χ2v) is 4.79. The molecule has 4 heteroatoms. The van der Waals surface area contributed by atoms with Crippen LogP contribution in [-0.4, -0.2) is 21.3 Å². The third-order valence-electron chi connectivity index (χ3n) is 3.17. The van der Waals surface area contributed by atoms with Crippen molar-refractivity contribution < 1.29 is 0 Å². The molecule has 1 atom stereocenters. The highest BCUT2D eigenvalue weighted by atomic mass is 15.3. The lowest BCUT2D eigenvalue weighted by atomic mass is 10.0. The van der Waals surface area contributed by atoms with E-state index in [1.54, 1.807) is 11.0 Å².